The largest absolute Gasteiger partial charge is 0.467 e. The highest BCUT2D eigenvalue weighted by molar-refractivity contribution is 7.98. The van der Waals surface area contributed by atoms with Crippen LogP contribution < -0.4 is 0 Å². The normalized spacial score (nSPS) is 17.1. The van der Waals surface area contributed by atoms with E-state index in [1.54, 1.807) is 40.9 Å². The van der Waals surface area contributed by atoms with Crippen molar-refractivity contribution in [2.24, 2.45) is 5.92 Å². The van der Waals surface area contributed by atoms with Crippen LogP contribution in [0.25, 0.3) is 0 Å². The first-order valence-corrected chi connectivity index (χ1v) is 9.47. The Morgan fingerprint density at radius 2 is 2.08 bits per heavy atom. The molecule has 0 N–H and O–H groups in total. The number of furan rings is 1. The van der Waals surface area contributed by atoms with Crippen LogP contribution in [0.3, 0.4) is 0 Å². The molecule has 1 unspecified atom stereocenters. The van der Waals surface area contributed by atoms with Gasteiger partial charge in [0.15, 0.2) is 0 Å². The van der Waals surface area contributed by atoms with Crippen LogP contribution in [-0.4, -0.2) is 41.5 Å². The van der Waals surface area contributed by atoms with Gasteiger partial charge in [-0.1, -0.05) is 12.1 Å². The average Bonchev–Trinajstić information content (AvgIpc) is 3.25. The number of amides is 2. The summed E-state index contributed by atoms with van der Waals surface area (Å²) in [5, 5.41) is 0. The molecule has 1 aromatic carbocycles. The van der Waals surface area contributed by atoms with Gasteiger partial charge in [-0.2, -0.15) is 0 Å². The number of carbonyl (C=O) groups excluding carboxylic acids is 2. The van der Waals surface area contributed by atoms with Gasteiger partial charge < -0.3 is 14.2 Å². The van der Waals surface area contributed by atoms with Crippen molar-refractivity contribution in [3.05, 3.63) is 54.0 Å². The van der Waals surface area contributed by atoms with Crippen LogP contribution in [0.2, 0.25) is 0 Å². The molecule has 2 heterocycles. The standard InChI is InChI=1S/C19H22N2O3S/c1-20(11-14-5-7-17(25-2)8-6-14)19(23)15-10-18(22)21(12-15)13-16-4-3-9-24-16/h3-9,15H,10-13H2,1-2H3. The summed E-state index contributed by atoms with van der Waals surface area (Å²) >= 11 is 1.69. The predicted molar refractivity (Wildman–Crippen MR) is 96.9 cm³/mol. The maximum atomic E-state index is 12.7. The molecule has 2 aromatic rings. The number of rotatable bonds is 6. The lowest BCUT2D eigenvalue weighted by molar-refractivity contribution is -0.135. The van der Waals surface area contributed by atoms with E-state index in [1.165, 1.54) is 4.90 Å². The van der Waals surface area contributed by atoms with Crippen LogP contribution in [0.15, 0.2) is 52.0 Å². The zero-order chi connectivity index (χ0) is 17.8. The second-order valence-electron chi connectivity index (χ2n) is 6.30. The summed E-state index contributed by atoms with van der Waals surface area (Å²) in [5.74, 6) is 0.485. The maximum Gasteiger partial charge on any atom is 0.228 e. The number of hydrogen-bond donors (Lipinski definition) is 0. The molecule has 1 saturated heterocycles. The molecular formula is C19H22N2O3S. The van der Waals surface area contributed by atoms with Crippen LogP contribution >= 0.6 is 11.8 Å². The van der Waals surface area contributed by atoms with Crippen LogP contribution in [-0.2, 0) is 22.7 Å². The van der Waals surface area contributed by atoms with Gasteiger partial charge in [-0.25, -0.2) is 0 Å². The van der Waals surface area contributed by atoms with Crippen molar-refractivity contribution in [2.75, 3.05) is 19.8 Å². The minimum absolute atomic E-state index is 0.00692. The molecule has 1 atom stereocenters. The molecule has 6 heteroatoms. The molecule has 1 aliphatic heterocycles. The van der Waals surface area contributed by atoms with Crippen molar-refractivity contribution >= 4 is 23.6 Å². The van der Waals surface area contributed by atoms with Crippen molar-refractivity contribution in [1.29, 1.82) is 0 Å². The quantitative estimate of drug-likeness (QED) is 0.745. The first kappa shape index (κ1) is 17.6. The molecule has 0 aliphatic carbocycles. The number of likely N-dealkylation sites (tertiary alicyclic amines) is 1. The topological polar surface area (TPSA) is 53.8 Å². The van der Waals surface area contributed by atoms with Crippen molar-refractivity contribution in [1.82, 2.24) is 9.80 Å². The van der Waals surface area contributed by atoms with Crippen LogP contribution in [0, 0.1) is 5.92 Å². The van der Waals surface area contributed by atoms with E-state index >= 15 is 0 Å². The Morgan fingerprint density at radius 3 is 2.72 bits per heavy atom. The highest BCUT2D eigenvalue weighted by atomic mass is 32.2. The summed E-state index contributed by atoms with van der Waals surface area (Å²) in [5.41, 5.74) is 1.09. The molecule has 25 heavy (non-hydrogen) atoms. The molecule has 1 aromatic heterocycles. The molecule has 0 bridgehead atoms. The molecule has 5 nitrogen and oxygen atoms in total. The van der Waals surface area contributed by atoms with Crippen molar-refractivity contribution in [2.45, 2.75) is 24.4 Å². The van der Waals surface area contributed by atoms with Gasteiger partial charge in [-0.3, -0.25) is 9.59 Å². The van der Waals surface area contributed by atoms with Crippen LogP contribution in [0.4, 0.5) is 0 Å². The number of thioether (sulfide) groups is 1. The fraction of sp³-hybridized carbons (Fsp3) is 0.368. The van der Waals surface area contributed by atoms with Crippen molar-refractivity contribution in [3.63, 3.8) is 0 Å². The third-order valence-electron chi connectivity index (χ3n) is 4.45. The van der Waals surface area contributed by atoms with Gasteiger partial charge in [0.2, 0.25) is 11.8 Å². The third-order valence-corrected chi connectivity index (χ3v) is 5.19. The Labute approximate surface area is 152 Å². The zero-order valence-corrected chi connectivity index (χ0v) is 15.3. The molecule has 1 fully saturated rings. The SMILES string of the molecule is CSc1ccc(CN(C)C(=O)C2CC(=O)N(Cc3ccco3)C2)cc1. The lowest BCUT2D eigenvalue weighted by Crippen LogP contribution is -2.34. The lowest BCUT2D eigenvalue weighted by Gasteiger charge is -2.21. The summed E-state index contributed by atoms with van der Waals surface area (Å²) in [4.78, 5) is 29.5. The average molecular weight is 358 g/mol. The number of hydrogen-bond acceptors (Lipinski definition) is 4. The van der Waals surface area contributed by atoms with E-state index in [-0.39, 0.29) is 24.2 Å². The lowest BCUT2D eigenvalue weighted by atomic mass is 10.1. The monoisotopic (exact) mass is 358 g/mol. The predicted octanol–water partition coefficient (Wildman–Crippen LogP) is 3.01. The highest BCUT2D eigenvalue weighted by Crippen LogP contribution is 2.23. The van der Waals surface area contributed by atoms with E-state index < -0.39 is 0 Å². The van der Waals surface area contributed by atoms with E-state index in [0.717, 1.165) is 11.3 Å². The molecule has 132 valence electrons. The Hall–Kier alpha value is -2.21. The highest BCUT2D eigenvalue weighted by Gasteiger charge is 2.35. The summed E-state index contributed by atoms with van der Waals surface area (Å²) in [6, 6.07) is 11.8. The minimum Gasteiger partial charge on any atom is -0.467 e. The number of benzene rings is 1. The minimum atomic E-state index is -0.280. The molecule has 0 spiro atoms. The third kappa shape index (κ3) is 4.25. The molecule has 1 aliphatic rings. The zero-order valence-electron chi connectivity index (χ0n) is 14.5. The van der Waals surface area contributed by atoms with Crippen LogP contribution in [0.1, 0.15) is 17.7 Å². The van der Waals surface area contributed by atoms with Crippen LogP contribution in [0.5, 0.6) is 0 Å². The van der Waals surface area contributed by atoms with Gasteiger partial charge in [-0.15, -0.1) is 11.8 Å². The fourth-order valence-electron chi connectivity index (χ4n) is 3.08. The Balaban J connectivity index is 1.57. The Morgan fingerprint density at radius 1 is 1.32 bits per heavy atom. The van der Waals surface area contributed by atoms with Gasteiger partial charge in [0.05, 0.1) is 18.7 Å². The van der Waals surface area contributed by atoms with Crippen molar-refractivity contribution < 1.29 is 14.0 Å². The first-order chi connectivity index (χ1) is 12.1. The van der Waals surface area contributed by atoms with Crippen molar-refractivity contribution in [3.8, 4) is 0 Å². The fourth-order valence-corrected chi connectivity index (χ4v) is 3.48. The summed E-state index contributed by atoms with van der Waals surface area (Å²) in [7, 11) is 1.80. The summed E-state index contributed by atoms with van der Waals surface area (Å²) in [6.07, 6.45) is 3.90. The first-order valence-electron chi connectivity index (χ1n) is 8.25. The smallest absolute Gasteiger partial charge is 0.228 e. The Kier molecular flexibility index (Phi) is 5.48. The second kappa shape index (κ2) is 7.78. The molecular weight excluding hydrogens is 336 g/mol. The summed E-state index contributed by atoms with van der Waals surface area (Å²) < 4.78 is 5.29. The van der Waals surface area contributed by atoms with Gasteiger partial charge in [-0.05, 0) is 36.1 Å². The Bertz CT molecular complexity index is 728. The summed E-state index contributed by atoms with van der Waals surface area (Å²) in [6.45, 7) is 1.43. The number of nitrogens with zero attached hydrogens (tertiary/aromatic N) is 2. The van der Waals surface area contributed by atoms with Gasteiger partial charge >= 0.3 is 0 Å². The van der Waals surface area contributed by atoms with Gasteiger partial charge in [0, 0.05) is 31.5 Å². The van der Waals surface area contributed by atoms with Gasteiger partial charge in [0.1, 0.15) is 5.76 Å². The van der Waals surface area contributed by atoms with E-state index in [1.807, 2.05) is 24.5 Å². The van der Waals surface area contributed by atoms with E-state index in [2.05, 4.69) is 12.1 Å². The molecule has 3 rings (SSSR count). The van der Waals surface area contributed by atoms with E-state index in [0.29, 0.717) is 19.6 Å². The number of carbonyl (C=O) groups is 2. The van der Waals surface area contributed by atoms with E-state index in [4.69, 9.17) is 4.42 Å². The van der Waals surface area contributed by atoms with Gasteiger partial charge in [0.25, 0.3) is 0 Å². The molecule has 0 radical (unpaired) electrons. The maximum absolute atomic E-state index is 12.7. The molecule has 0 saturated carbocycles. The molecule has 2 amide bonds. The second-order valence-corrected chi connectivity index (χ2v) is 7.18. The van der Waals surface area contributed by atoms with E-state index in [9.17, 15) is 9.59 Å².